The fraction of sp³-hybridized carbons (Fsp3) is 0.526. The van der Waals surface area contributed by atoms with Gasteiger partial charge in [-0.3, -0.25) is 0 Å². The lowest BCUT2D eigenvalue weighted by Crippen LogP contribution is -2.42. The van der Waals surface area contributed by atoms with Crippen LogP contribution in [0.4, 0.5) is 0 Å². The van der Waals surface area contributed by atoms with Gasteiger partial charge >= 0.3 is 0 Å². The Morgan fingerprint density at radius 3 is 2.70 bits per heavy atom. The lowest BCUT2D eigenvalue weighted by atomic mass is 9.72. The Bertz CT molecular complexity index is 668. The second-order valence-electron chi connectivity index (χ2n) is 7.20. The van der Waals surface area contributed by atoms with Crippen LogP contribution in [0.1, 0.15) is 24.1 Å². The maximum Gasteiger partial charge on any atom is 0.0945 e. The van der Waals surface area contributed by atoms with Gasteiger partial charge < -0.3 is 14.6 Å². The first-order valence-corrected chi connectivity index (χ1v) is 8.62. The molecule has 4 heteroatoms. The average molecular weight is 311 g/mol. The molecular weight excluding hydrogens is 286 g/mol. The predicted octanol–water partition coefficient (Wildman–Crippen LogP) is 2.19. The Balaban J connectivity index is 1.62. The SMILES string of the molecule is Cn1cncc1CCC(O)(c1ccccc1)C1CN2CCC1C2. The second-order valence-corrected chi connectivity index (χ2v) is 7.20. The van der Waals surface area contributed by atoms with Gasteiger partial charge in [-0.15, -0.1) is 0 Å². The molecule has 122 valence electrons. The van der Waals surface area contributed by atoms with Gasteiger partial charge in [0.2, 0.25) is 0 Å². The summed E-state index contributed by atoms with van der Waals surface area (Å²) in [6, 6.07) is 10.3. The highest BCUT2D eigenvalue weighted by atomic mass is 16.3. The van der Waals surface area contributed by atoms with E-state index in [-0.39, 0.29) is 0 Å². The number of imidazole rings is 1. The van der Waals surface area contributed by atoms with Gasteiger partial charge in [0.25, 0.3) is 0 Å². The number of fused-ring (bicyclic) bond motifs is 2. The van der Waals surface area contributed by atoms with E-state index in [4.69, 9.17) is 0 Å². The maximum atomic E-state index is 11.7. The third kappa shape index (κ3) is 2.60. The van der Waals surface area contributed by atoms with Crippen LogP contribution >= 0.6 is 0 Å². The minimum Gasteiger partial charge on any atom is -0.385 e. The number of rotatable bonds is 5. The minimum absolute atomic E-state index is 0.340. The minimum atomic E-state index is -0.745. The molecule has 2 aromatic rings. The number of aliphatic hydroxyl groups is 1. The molecule has 2 bridgehead atoms. The number of nitrogens with zero attached hydrogens (tertiary/aromatic N) is 3. The molecule has 0 radical (unpaired) electrons. The highest BCUT2D eigenvalue weighted by molar-refractivity contribution is 5.25. The monoisotopic (exact) mass is 311 g/mol. The number of aromatic nitrogens is 2. The molecular formula is C19H25N3O. The van der Waals surface area contributed by atoms with E-state index < -0.39 is 5.60 Å². The van der Waals surface area contributed by atoms with Crippen molar-refractivity contribution < 1.29 is 5.11 Å². The Hall–Kier alpha value is -1.65. The normalized spacial score (nSPS) is 28.9. The van der Waals surface area contributed by atoms with Crippen molar-refractivity contribution >= 4 is 0 Å². The molecule has 2 aliphatic heterocycles. The van der Waals surface area contributed by atoms with E-state index in [1.807, 2.05) is 37.8 Å². The van der Waals surface area contributed by atoms with Crippen LogP contribution in [0.5, 0.6) is 0 Å². The summed E-state index contributed by atoms with van der Waals surface area (Å²) >= 11 is 0. The van der Waals surface area contributed by atoms with Crippen molar-refractivity contribution in [2.75, 3.05) is 19.6 Å². The van der Waals surface area contributed by atoms with Crippen molar-refractivity contribution in [1.82, 2.24) is 14.5 Å². The zero-order valence-corrected chi connectivity index (χ0v) is 13.7. The van der Waals surface area contributed by atoms with E-state index in [2.05, 4.69) is 26.6 Å². The smallest absolute Gasteiger partial charge is 0.0945 e. The molecule has 23 heavy (non-hydrogen) atoms. The highest BCUT2D eigenvalue weighted by Gasteiger charge is 2.49. The van der Waals surface area contributed by atoms with Crippen molar-refractivity contribution in [1.29, 1.82) is 0 Å². The van der Waals surface area contributed by atoms with E-state index in [1.54, 1.807) is 0 Å². The quantitative estimate of drug-likeness (QED) is 0.920. The lowest BCUT2D eigenvalue weighted by Gasteiger charge is -2.39. The second kappa shape index (κ2) is 5.77. The third-order valence-electron chi connectivity index (χ3n) is 5.90. The van der Waals surface area contributed by atoms with Crippen molar-refractivity contribution in [3.63, 3.8) is 0 Å². The topological polar surface area (TPSA) is 41.3 Å². The largest absolute Gasteiger partial charge is 0.385 e. The number of hydrogen-bond donors (Lipinski definition) is 1. The van der Waals surface area contributed by atoms with Gasteiger partial charge in [-0.2, -0.15) is 0 Å². The van der Waals surface area contributed by atoms with Gasteiger partial charge in [-0.1, -0.05) is 30.3 Å². The molecule has 2 aliphatic rings. The Morgan fingerprint density at radius 1 is 1.26 bits per heavy atom. The number of aryl methyl sites for hydroxylation is 2. The number of piperidine rings is 1. The maximum absolute atomic E-state index is 11.7. The summed E-state index contributed by atoms with van der Waals surface area (Å²) in [5.41, 5.74) is 1.51. The van der Waals surface area contributed by atoms with Crippen LogP contribution in [0, 0.1) is 11.8 Å². The molecule has 2 saturated heterocycles. The molecule has 1 aromatic carbocycles. The Kier molecular flexibility index (Phi) is 3.74. The molecule has 0 spiro atoms. The summed E-state index contributed by atoms with van der Waals surface area (Å²) in [5, 5.41) is 11.7. The molecule has 4 rings (SSSR count). The molecule has 4 atom stereocenters. The molecule has 1 N–H and O–H groups in total. The molecule has 0 amide bonds. The Morgan fingerprint density at radius 2 is 2.09 bits per heavy atom. The fourth-order valence-corrected chi connectivity index (χ4v) is 4.54. The first-order chi connectivity index (χ1) is 11.2. The lowest BCUT2D eigenvalue weighted by molar-refractivity contribution is -0.0497. The van der Waals surface area contributed by atoms with Crippen molar-refractivity contribution in [3.05, 3.63) is 54.1 Å². The summed E-state index contributed by atoms with van der Waals surface area (Å²) in [4.78, 5) is 6.71. The summed E-state index contributed by atoms with van der Waals surface area (Å²) in [5.74, 6) is 0.971. The van der Waals surface area contributed by atoms with E-state index in [0.717, 1.165) is 31.5 Å². The van der Waals surface area contributed by atoms with Crippen LogP contribution in [-0.4, -0.2) is 39.2 Å². The summed E-state index contributed by atoms with van der Waals surface area (Å²) < 4.78 is 2.05. The number of hydrogen-bond acceptors (Lipinski definition) is 3. The van der Waals surface area contributed by atoms with Crippen LogP contribution in [0.3, 0.4) is 0 Å². The van der Waals surface area contributed by atoms with Crippen molar-refractivity contribution in [3.8, 4) is 0 Å². The first-order valence-electron chi connectivity index (χ1n) is 8.62. The van der Waals surface area contributed by atoms with E-state index in [1.165, 1.54) is 18.7 Å². The van der Waals surface area contributed by atoms with Gasteiger partial charge in [0.1, 0.15) is 0 Å². The summed E-state index contributed by atoms with van der Waals surface area (Å²) in [6.45, 7) is 3.39. The fourth-order valence-electron chi connectivity index (χ4n) is 4.54. The molecule has 4 unspecified atom stereocenters. The van der Waals surface area contributed by atoms with Crippen LogP contribution < -0.4 is 0 Å². The first kappa shape index (κ1) is 14.9. The predicted molar refractivity (Wildman–Crippen MR) is 89.9 cm³/mol. The highest BCUT2D eigenvalue weighted by Crippen LogP contribution is 2.46. The van der Waals surface area contributed by atoms with Gasteiger partial charge in [0.05, 0.1) is 11.9 Å². The molecule has 4 nitrogen and oxygen atoms in total. The molecule has 3 heterocycles. The third-order valence-corrected chi connectivity index (χ3v) is 5.90. The molecule has 0 saturated carbocycles. The van der Waals surface area contributed by atoms with Gasteiger partial charge in [-0.25, -0.2) is 4.98 Å². The van der Waals surface area contributed by atoms with E-state index in [0.29, 0.717) is 11.8 Å². The van der Waals surface area contributed by atoms with Crippen LogP contribution in [-0.2, 0) is 19.1 Å². The summed E-state index contributed by atoms with van der Waals surface area (Å²) in [7, 11) is 2.02. The standard InChI is InChI=1S/C19H25N3O/c1-21-14-20-11-17(21)7-9-19(23,16-5-3-2-4-6-16)18-13-22-10-8-15(18)12-22/h2-6,11,14-15,18,23H,7-10,12-13H2,1H3. The zero-order chi connectivity index (χ0) is 15.9. The zero-order valence-electron chi connectivity index (χ0n) is 13.7. The van der Waals surface area contributed by atoms with Crippen LogP contribution in [0.2, 0.25) is 0 Å². The van der Waals surface area contributed by atoms with Crippen LogP contribution in [0.15, 0.2) is 42.9 Å². The summed E-state index contributed by atoms with van der Waals surface area (Å²) in [6.07, 6.45) is 6.58. The van der Waals surface area contributed by atoms with Crippen molar-refractivity contribution in [2.45, 2.75) is 24.9 Å². The Labute approximate surface area is 137 Å². The van der Waals surface area contributed by atoms with Gasteiger partial charge in [-0.05, 0) is 37.3 Å². The molecule has 2 fully saturated rings. The van der Waals surface area contributed by atoms with Crippen LogP contribution in [0.25, 0.3) is 0 Å². The van der Waals surface area contributed by atoms with E-state index in [9.17, 15) is 5.11 Å². The molecule has 1 aromatic heterocycles. The van der Waals surface area contributed by atoms with Gasteiger partial charge in [0, 0.05) is 37.9 Å². The number of benzene rings is 1. The van der Waals surface area contributed by atoms with Gasteiger partial charge in [0.15, 0.2) is 0 Å². The van der Waals surface area contributed by atoms with E-state index >= 15 is 0 Å². The molecule has 0 aliphatic carbocycles. The van der Waals surface area contributed by atoms with Crippen molar-refractivity contribution in [2.24, 2.45) is 18.9 Å². The average Bonchev–Trinajstić information content (AvgIpc) is 3.30.